The van der Waals surface area contributed by atoms with E-state index in [1.54, 1.807) is 19.2 Å². The minimum Gasteiger partial charge on any atom is -0.497 e. The second kappa shape index (κ2) is 7.72. The number of carbonyl (C=O) groups is 2. The summed E-state index contributed by atoms with van der Waals surface area (Å²) in [5, 5.41) is 9.46. The summed E-state index contributed by atoms with van der Waals surface area (Å²) < 4.78 is 11.1. The second-order valence-electron chi connectivity index (χ2n) is 6.21. The number of amides is 2. The Morgan fingerprint density at radius 2 is 1.93 bits per heavy atom. The standard InChI is InChI=1S/C20H16N4O4S/c1-11-4-3-5-12(8-11)21-18(25)15-10-16(28-24-15)19(26)23-20-22-14-9-13(27-2)6-7-17(14)29-20/h3-10H,1-2H3,(H,21,25)(H,22,23,26). The summed E-state index contributed by atoms with van der Waals surface area (Å²) in [6.07, 6.45) is 0. The highest BCUT2D eigenvalue weighted by Crippen LogP contribution is 2.29. The molecule has 2 aromatic carbocycles. The van der Waals surface area contributed by atoms with Gasteiger partial charge in [0.05, 0.1) is 17.3 Å². The van der Waals surface area contributed by atoms with E-state index in [0.717, 1.165) is 10.3 Å². The number of aryl methyl sites for hydroxylation is 1. The largest absolute Gasteiger partial charge is 0.497 e. The van der Waals surface area contributed by atoms with Crippen molar-refractivity contribution in [2.45, 2.75) is 6.92 Å². The third kappa shape index (κ3) is 4.09. The fourth-order valence-corrected chi connectivity index (χ4v) is 3.49. The summed E-state index contributed by atoms with van der Waals surface area (Å²) in [5.74, 6) is -0.417. The molecule has 0 aliphatic heterocycles. The maximum Gasteiger partial charge on any atom is 0.296 e. The normalized spacial score (nSPS) is 10.7. The molecule has 0 saturated carbocycles. The number of hydrogen-bond donors (Lipinski definition) is 2. The third-order valence-electron chi connectivity index (χ3n) is 4.06. The molecule has 0 bridgehead atoms. The maximum absolute atomic E-state index is 12.4. The Morgan fingerprint density at radius 1 is 1.07 bits per heavy atom. The lowest BCUT2D eigenvalue weighted by Gasteiger charge is -2.03. The molecule has 2 N–H and O–H groups in total. The van der Waals surface area contributed by atoms with Crippen LogP contribution in [-0.2, 0) is 0 Å². The second-order valence-corrected chi connectivity index (χ2v) is 7.24. The molecule has 29 heavy (non-hydrogen) atoms. The van der Waals surface area contributed by atoms with Crippen LogP contribution in [0.1, 0.15) is 26.6 Å². The maximum atomic E-state index is 12.4. The van der Waals surface area contributed by atoms with Gasteiger partial charge in [0.15, 0.2) is 10.8 Å². The van der Waals surface area contributed by atoms with E-state index >= 15 is 0 Å². The Hall–Kier alpha value is -3.72. The van der Waals surface area contributed by atoms with Crippen molar-refractivity contribution in [2.24, 2.45) is 0 Å². The molecule has 0 atom stereocenters. The molecule has 0 saturated heterocycles. The first-order valence-corrected chi connectivity index (χ1v) is 9.44. The summed E-state index contributed by atoms with van der Waals surface area (Å²) in [7, 11) is 1.58. The van der Waals surface area contributed by atoms with Crippen molar-refractivity contribution in [3.8, 4) is 5.75 Å². The van der Waals surface area contributed by atoms with Crippen LogP contribution in [0.4, 0.5) is 10.8 Å². The van der Waals surface area contributed by atoms with Crippen LogP contribution < -0.4 is 15.4 Å². The van der Waals surface area contributed by atoms with Gasteiger partial charge in [-0.3, -0.25) is 14.9 Å². The third-order valence-corrected chi connectivity index (χ3v) is 5.01. The lowest BCUT2D eigenvalue weighted by Crippen LogP contribution is -2.13. The number of rotatable bonds is 5. The van der Waals surface area contributed by atoms with E-state index in [0.29, 0.717) is 22.1 Å². The lowest BCUT2D eigenvalue weighted by atomic mass is 10.2. The molecule has 8 nitrogen and oxygen atoms in total. The molecule has 0 aliphatic carbocycles. The van der Waals surface area contributed by atoms with Crippen LogP contribution in [0.2, 0.25) is 0 Å². The van der Waals surface area contributed by atoms with Gasteiger partial charge in [-0.05, 0) is 36.8 Å². The van der Waals surface area contributed by atoms with Crippen LogP contribution in [0.15, 0.2) is 53.1 Å². The highest BCUT2D eigenvalue weighted by atomic mass is 32.1. The Balaban J connectivity index is 1.46. The van der Waals surface area contributed by atoms with Crippen LogP contribution >= 0.6 is 11.3 Å². The Labute approximate surface area is 169 Å². The minimum atomic E-state index is -0.543. The van der Waals surface area contributed by atoms with E-state index in [2.05, 4.69) is 20.8 Å². The van der Waals surface area contributed by atoms with E-state index in [-0.39, 0.29) is 11.5 Å². The SMILES string of the molecule is COc1ccc2sc(NC(=O)c3cc(C(=O)Nc4cccc(C)c4)no3)nc2c1. The highest BCUT2D eigenvalue weighted by molar-refractivity contribution is 7.22. The first-order chi connectivity index (χ1) is 14.0. The van der Waals surface area contributed by atoms with Gasteiger partial charge in [-0.2, -0.15) is 0 Å². The van der Waals surface area contributed by atoms with Crippen molar-refractivity contribution in [1.29, 1.82) is 0 Å². The van der Waals surface area contributed by atoms with Crippen LogP contribution in [0, 0.1) is 6.92 Å². The molecule has 9 heteroatoms. The van der Waals surface area contributed by atoms with Crippen molar-refractivity contribution in [3.05, 3.63) is 65.5 Å². The molecule has 0 aliphatic rings. The van der Waals surface area contributed by atoms with Crippen LogP contribution in [-0.4, -0.2) is 29.1 Å². The van der Waals surface area contributed by atoms with Gasteiger partial charge in [-0.15, -0.1) is 0 Å². The van der Waals surface area contributed by atoms with Crippen molar-refractivity contribution < 1.29 is 18.8 Å². The van der Waals surface area contributed by atoms with E-state index < -0.39 is 11.8 Å². The average molecular weight is 408 g/mol. The van der Waals surface area contributed by atoms with Crippen LogP contribution in [0.3, 0.4) is 0 Å². The first-order valence-electron chi connectivity index (χ1n) is 8.62. The van der Waals surface area contributed by atoms with Crippen molar-refractivity contribution in [3.63, 3.8) is 0 Å². The summed E-state index contributed by atoms with van der Waals surface area (Å²) in [6, 6.07) is 14.1. The topological polar surface area (TPSA) is 106 Å². The fraction of sp³-hybridized carbons (Fsp3) is 0.100. The lowest BCUT2D eigenvalue weighted by molar-refractivity contribution is 0.0980. The van der Waals surface area contributed by atoms with Gasteiger partial charge >= 0.3 is 0 Å². The molecular formula is C20H16N4O4S. The molecule has 0 radical (unpaired) electrons. The molecule has 0 spiro atoms. The average Bonchev–Trinajstić information content (AvgIpc) is 3.34. The summed E-state index contributed by atoms with van der Waals surface area (Å²) in [6.45, 7) is 1.92. The van der Waals surface area contributed by atoms with Gasteiger partial charge < -0.3 is 14.6 Å². The zero-order valence-corrected chi connectivity index (χ0v) is 16.4. The van der Waals surface area contributed by atoms with E-state index in [1.165, 1.54) is 17.4 Å². The summed E-state index contributed by atoms with van der Waals surface area (Å²) in [4.78, 5) is 29.1. The van der Waals surface area contributed by atoms with Gasteiger partial charge in [0.25, 0.3) is 11.8 Å². The van der Waals surface area contributed by atoms with Gasteiger partial charge in [0.1, 0.15) is 5.75 Å². The number of hydrogen-bond acceptors (Lipinski definition) is 7. The smallest absolute Gasteiger partial charge is 0.296 e. The number of benzene rings is 2. The number of fused-ring (bicyclic) bond motifs is 1. The minimum absolute atomic E-state index is 0.00527. The number of ether oxygens (including phenoxy) is 1. The van der Waals surface area contributed by atoms with E-state index in [4.69, 9.17) is 9.26 Å². The van der Waals surface area contributed by atoms with Crippen molar-refractivity contribution in [2.75, 3.05) is 17.7 Å². The zero-order chi connectivity index (χ0) is 20.4. The summed E-state index contributed by atoms with van der Waals surface area (Å²) >= 11 is 1.32. The fourth-order valence-electron chi connectivity index (χ4n) is 2.65. The number of methoxy groups -OCH3 is 1. The Morgan fingerprint density at radius 3 is 2.72 bits per heavy atom. The van der Waals surface area contributed by atoms with Gasteiger partial charge in [0.2, 0.25) is 5.76 Å². The molecule has 2 amide bonds. The molecule has 2 aromatic heterocycles. The van der Waals surface area contributed by atoms with Gasteiger partial charge in [-0.25, -0.2) is 4.98 Å². The highest BCUT2D eigenvalue weighted by Gasteiger charge is 2.19. The van der Waals surface area contributed by atoms with E-state index in [1.807, 2.05) is 37.3 Å². The zero-order valence-electron chi connectivity index (χ0n) is 15.6. The number of aromatic nitrogens is 2. The summed E-state index contributed by atoms with van der Waals surface area (Å²) in [5.41, 5.74) is 2.36. The van der Waals surface area contributed by atoms with Crippen molar-refractivity contribution >= 4 is 44.2 Å². The number of carbonyl (C=O) groups excluding carboxylic acids is 2. The Kier molecular flexibility index (Phi) is 4.96. The quantitative estimate of drug-likeness (QED) is 0.515. The van der Waals surface area contributed by atoms with Crippen LogP contribution in [0.25, 0.3) is 10.2 Å². The van der Waals surface area contributed by atoms with Crippen LogP contribution in [0.5, 0.6) is 5.75 Å². The molecule has 2 heterocycles. The van der Waals surface area contributed by atoms with E-state index in [9.17, 15) is 9.59 Å². The molecule has 4 aromatic rings. The molecule has 0 unspecified atom stereocenters. The number of anilines is 2. The molecule has 4 rings (SSSR count). The number of thiazole rings is 1. The first kappa shape index (κ1) is 18.6. The monoisotopic (exact) mass is 408 g/mol. The van der Waals surface area contributed by atoms with Gasteiger partial charge in [-0.1, -0.05) is 28.6 Å². The van der Waals surface area contributed by atoms with Crippen molar-refractivity contribution in [1.82, 2.24) is 10.1 Å². The Bertz CT molecular complexity index is 1210. The molecule has 0 fully saturated rings. The predicted molar refractivity (Wildman–Crippen MR) is 110 cm³/mol. The molecule has 146 valence electrons. The number of nitrogens with zero attached hydrogens (tertiary/aromatic N) is 2. The van der Waals surface area contributed by atoms with Gasteiger partial charge in [0, 0.05) is 17.8 Å². The predicted octanol–water partition coefficient (Wildman–Crippen LogP) is 4.11. The molecular weight excluding hydrogens is 392 g/mol. The number of nitrogens with one attached hydrogen (secondary N) is 2.